The average molecular weight is 204 g/mol. The zero-order valence-electron chi connectivity index (χ0n) is 5.15. The van der Waals surface area contributed by atoms with Crippen molar-refractivity contribution in [3.05, 3.63) is 0 Å². The summed E-state index contributed by atoms with van der Waals surface area (Å²) >= 11 is 0. The van der Waals surface area contributed by atoms with Crippen molar-refractivity contribution in [3.63, 3.8) is 0 Å². The summed E-state index contributed by atoms with van der Waals surface area (Å²) in [6.07, 6.45) is -1.54. The van der Waals surface area contributed by atoms with E-state index in [9.17, 15) is 9.13 Å². The minimum Gasteiger partial charge on any atom is -0.391 e. The van der Waals surface area contributed by atoms with Crippen molar-refractivity contribution in [2.24, 2.45) is 0 Å². The lowest BCUT2D eigenvalue weighted by Crippen LogP contribution is -2.14. The summed E-state index contributed by atoms with van der Waals surface area (Å²) in [5, 5.41) is 8.29. The second-order valence-corrected chi connectivity index (χ2v) is 2.67. The average Bonchev–Trinajstić information content (AvgIpc) is 1.84. The van der Waals surface area contributed by atoms with Crippen LogP contribution in [-0.2, 0) is 18.2 Å². The van der Waals surface area contributed by atoms with E-state index in [0.717, 1.165) is 0 Å². The van der Waals surface area contributed by atoms with Gasteiger partial charge in [0.2, 0.25) is 0 Å². The summed E-state index contributed by atoms with van der Waals surface area (Å²) in [7, 11) is -5.90. The first kappa shape index (κ1) is 11.0. The molecule has 3 N–H and O–H groups in total. The van der Waals surface area contributed by atoms with Crippen LogP contribution in [0.15, 0.2) is 0 Å². The van der Waals surface area contributed by atoms with E-state index in [0.29, 0.717) is 0 Å². The van der Waals surface area contributed by atoms with Crippen molar-refractivity contribution in [1.82, 2.24) is 0 Å². The van der Waals surface area contributed by atoms with Gasteiger partial charge < -0.3 is 5.11 Å². The van der Waals surface area contributed by atoms with Gasteiger partial charge in [0.15, 0.2) is 0 Å². The molecule has 0 aromatic heterocycles. The molecule has 0 radical (unpaired) electrons. The normalized spacial score (nSPS) is 15.9. The Morgan fingerprint density at radius 2 is 1.55 bits per heavy atom. The molecule has 0 saturated carbocycles. The maximum absolute atomic E-state index is 9.91. The monoisotopic (exact) mass is 204 g/mol. The standard InChI is InChI=1S/C2H4O7P2/c3-1-2(8-10(4)5)9-11(6)7/h2-3H,1H2/p+2. The highest BCUT2D eigenvalue weighted by Gasteiger charge is 2.31. The smallest absolute Gasteiger partial charge is 0.391 e. The summed E-state index contributed by atoms with van der Waals surface area (Å²) in [6.45, 7) is -0.775. The molecule has 9 heteroatoms. The second kappa shape index (κ2) is 5.62. The SMILES string of the molecule is O=[P+](O)OC(CO)O[P+](=O)O. The van der Waals surface area contributed by atoms with Gasteiger partial charge in [-0.25, -0.2) is 0 Å². The molecule has 2 atom stereocenters. The molecular formula is C2H6O7P2+2. The summed E-state index contributed by atoms with van der Waals surface area (Å²) in [4.78, 5) is 16.2. The van der Waals surface area contributed by atoms with E-state index in [4.69, 9.17) is 14.9 Å². The highest BCUT2D eigenvalue weighted by atomic mass is 31.1. The summed E-state index contributed by atoms with van der Waals surface area (Å²) < 4.78 is 27.7. The van der Waals surface area contributed by atoms with E-state index in [1.165, 1.54) is 0 Å². The van der Waals surface area contributed by atoms with Crippen molar-refractivity contribution in [3.8, 4) is 0 Å². The molecule has 0 aromatic carbocycles. The number of hydrogen-bond donors (Lipinski definition) is 3. The molecule has 0 aliphatic rings. The van der Waals surface area contributed by atoms with Crippen LogP contribution in [0.1, 0.15) is 0 Å². The number of hydrogen-bond acceptors (Lipinski definition) is 5. The quantitative estimate of drug-likeness (QED) is 0.413. The third-order valence-electron chi connectivity index (χ3n) is 0.565. The molecule has 0 rings (SSSR count). The first-order chi connectivity index (χ1) is 5.06. The Labute approximate surface area is 63.5 Å². The fraction of sp³-hybridized carbons (Fsp3) is 1.00. The van der Waals surface area contributed by atoms with Crippen molar-refractivity contribution in [1.29, 1.82) is 0 Å². The molecule has 0 saturated heterocycles. The van der Waals surface area contributed by atoms with Crippen LogP contribution in [0.4, 0.5) is 0 Å². The Kier molecular flexibility index (Phi) is 5.62. The molecule has 0 heterocycles. The maximum atomic E-state index is 9.91. The Balaban J connectivity index is 3.76. The number of aliphatic hydroxyl groups excluding tert-OH is 1. The Morgan fingerprint density at radius 3 is 1.73 bits per heavy atom. The zero-order valence-corrected chi connectivity index (χ0v) is 6.94. The van der Waals surface area contributed by atoms with Crippen LogP contribution in [-0.4, -0.2) is 27.8 Å². The largest absolute Gasteiger partial charge is 0.697 e. The Morgan fingerprint density at radius 1 is 1.18 bits per heavy atom. The van der Waals surface area contributed by atoms with E-state index in [1.807, 2.05) is 0 Å². The van der Waals surface area contributed by atoms with Gasteiger partial charge in [-0.1, -0.05) is 9.05 Å². The van der Waals surface area contributed by atoms with E-state index < -0.39 is 29.4 Å². The lowest BCUT2D eigenvalue weighted by molar-refractivity contribution is -0.0370. The van der Waals surface area contributed by atoms with Crippen LogP contribution >= 0.6 is 16.5 Å². The molecule has 0 fully saturated rings. The highest BCUT2D eigenvalue weighted by molar-refractivity contribution is 7.32. The number of rotatable bonds is 5. The lowest BCUT2D eigenvalue weighted by atomic mass is 10.7. The highest BCUT2D eigenvalue weighted by Crippen LogP contribution is 2.25. The van der Waals surface area contributed by atoms with Crippen LogP contribution in [0.5, 0.6) is 0 Å². The molecule has 0 spiro atoms. The third kappa shape index (κ3) is 6.40. The third-order valence-corrected chi connectivity index (χ3v) is 1.40. The molecule has 7 nitrogen and oxygen atoms in total. The van der Waals surface area contributed by atoms with E-state index in [2.05, 4.69) is 9.05 Å². The van der Waals surface area contributed by atoms with Gasteiger partial charge in [0.1, 0.15) is 6.61 Å². The molecule has 64 valence electrons. The van der Waals surface area contributed by atoms with E-state index in [-0.39, 0.29) is 0 Å². The van der Waals surface area contributed by atoms with Crippen molar-refractivity contribution in [2.45, 2.75) is 6.29 Å². The van der Waals surface area contributed by atoms with Crippen LogP contribution < -0.4 is 0 Å². The maximum Gasteiger partial charge on any atom is 0.697 e. The Bertz CT molecular complexity index is 141. The van der Waals surface area contributed by atoms with E-state index >= 15 is 0 Å². The predicted molar refractivity (Wildman–Crippen MR) is 32.7 cm³/mol. The van der Waals surface area contributed by atoms with Gasteiger partial charge in [-0.2, -0.15) is 0 Å². The minimum atomic E-state index is -2.95. The molecule has 0 aliphatic carbocycles. The first-order valence-corrected chi connectivity index (χ1v) is 4.59. The summed E-state index contributed by atoms with van der Waals surface area (Å²) in [5.74, 6) is 0. The van der Waals surface area contributed by atoms with Gasteiger partial charge in [0, 0.05) is 9.13 Å². The molecule has 2 unspecified atom stereocenters. The Hall–Kier alpha value is -0.0000000000000000486. The first-order valence-electron chi connectivity index (χ1n) is 2.33. The van der Waals surface area contributed by atoms with Gasteiger partial charge in [-0.3, -0.25) is 0 Å². The van der Waals surface area contributed by atoms with Gasteiger partial charge in [-0.05, 0) is 0 Å². The van der Waals surface area contributed by atoms with E-state index in [1.54, 1.807) is 0 Å². The zero-order chi connectivity index (χ0) is 8.85. The van der Waals surface area contributed by atoms with Crippen LogP contribution in [0.3, 0.4) is 0 Å². The van der Waals surface area contributed by atoms with Crippen LogP contribution in [0, 0.1) is 0 Å². The predicted octanol–water partition coefficient (Wildman–Crippen LogP) is -0.363. The molecule has 0 bridgehead atoms. The molecule has 0 amide bonds. The number of aliphatic hydroxyl groups is 1. The summed E-state index contributed by atoms with van der Waals surface area (Å²) in [6, 6.07) is 0. The minimum absolute atomic E-state index is 0.775. The fourth-order valence-corrected chi connectivity index (χ4v) is 0.977. The van der Waals surface area contributed by atoms with Gasteiger partial charge in [-0.15, -0.1) is 9.79 Å². The van der Waals surface area contributed by atoms with Crippen LogP contribution in [0.2, 0.25) is 0 Å². The van der Waals surface area contributed by atoms with Crippen LogP contribution in [0.25, 0.3) is 0 Å². The van der Waals surface area contributed by atoms with Crippen molar-refractivity contribution < 1.29 is 33.1 Å². The topological polar surface area (TPSA) is 113 Å². The van der Waals surface area contributed by atoms with Crippen molar-refractivity contribution in [2.75, 3.05) is 6.61 Å². The van der Waals surface area contributed by atoms with Gasteiger partial charge >= 0.3 is 16.5 Å². The molecule has 11 heavy (non-hydrogen) atoms. The molecule has 0 aliphatic heterocycles. The van der Waals surface area contributed by atoms with Crippen molar-refractivity contribution >= 4 is 16.5 Å². The molecular weight excluding hydrogens is 198 g/mol. The lowest BCUT2D eigenvalue weighted by Gasteiger charge is -1.94. The van der Waals surface area contributed by atoms with Gasteiger partial charge in [0.25, 0.3) is 6.29 Å². The summed E-state index contributed by atoms with van der Waals surface area (Å²) in [5.41, 5.74) is 0. The molecule has 0 aromatic rings. The van der Waals surface area contributed by atoms with Gasteiger partial charge in [0.05, 0.1) is 0 Å². The second-order valence-electron chi connectivity index (χ2n) is 1.30. The fourth-order valence-electron chi connectivity index (χ4n) is 0.287.